The SMILES string of the molecule is C=C/C(=C\C=C/Cc1ccc(N2c3ccc(C#N)cc3C3C=CC=CC32)c(C#N)c1)c1ccccc1-n1c2ccccc2c2c(C#N)cccc21. The van der Waals surface area contributed by atoms with Crippen LogP contribution in [0, 0.1) is 34.0 Å². The summed E-state index contributed by atoms with van der Waals surface area (Å²) in [7, 11) is 0. The maximum absolute atomic E-state index is 10.3. The van der Waals surface area contributed by atoms with E-state index < -0.39 is 0 Å². The molecular weight excluding hydrogens is 623 g/mol. The van der Waals surface area contributed by atoms with E-state index in [0.29, 0.717) is 23.1 Å². The van der Waals surface area contributed by atoms with Gasteiger partial charge in [-0.25, -0.2) is 0 Å². The van der Waals surface area contributed by atoms with Gasteiger partial charge in [-0.2, -0.15) is 15.8 Å². The van der Waals surface area contributed by atoms with Gasteiger partial charge in [-0.1, -0.05) is 104 Å². The van der Waals surface area contributed by atoms with E-state index in [1.807, 2.05) is 85.0 Å². The number of nitriles is 3. The third-order valence-corrected chi connectivity index (χ3v) is 9.88. The molecule has 2 heterocycles. The molecule has 1 aliphatic heterocycles. The molecule has 2 unspecified atom stereocenters. The summed E-state index contributed by atoms with van der Waals surface area (Å²) < 4.78 is 2.23. The Kier molecular flexibility index (Phi) is 7.98. The lowest BCUT2D eigenvalue weighted by molar-refractivity contribution is 0.744. The normalized spacial score (nSPS) is 16.2. The minimum absolute atomic E-state index is 0.0399. The molecule has 0 N–H and O–H groups in total. The van der Waals surface area contributed by atoms with Crippen molar-refractivity contribution in [2.24, 2.45) is 0 Å². The van der Waals surface area contributed by atoms with Crippen molar-refractivity contribution in [1.29, 1.82) is 15.8 Å². The summed E-state index contributed by atoms with van der Waals surface area (Å²) >= 11 is 0. The molecule has 0 amide bonds. The number of fused-ring (bicyclic) bond motifs is 6. The van der Waals surface area contributed by atoms with Crippen molar-refractivity contribution in [3.8, 4) is 23.9 Å². The Morgan fingerprint density at radius 1 is 0.725 bits per heavy atom. The van der Waals surface area contributed by atoms with Gasteiger partial charge in [0.25, 0.3) is 0 Å². The Hall–Kier alpha value is -7.13. The van der Waals surface area contributed by atoms with Crippen molar-refractivity contribution >= 4 is 38.8 Å². The number of aromatic nitrogens is 1. The van der Waals surface area contributed by atoms with Gasteiger partial charge in [-0.15, -0.1) is 0 Å². The number of benzene rings is 5. The number of hydrogen-bond acceptors (Lipinski definition) is 4. The molecule has 240 valence electrons. The van der Waals surface area contributed by atoms with E-state index in [-0.39, 0.29) is 12.0 Å². The predicted octanol–water partition coefficient (Wildman–Crippen LogP) is 10.5. The highest BCUT2D eigenvalue weighted by Crippen LogP contribution is 2.48. The Morgan fingerprint density at radius 3 is 2.35 bits per heavy atom. The summed E-state index contributed by atoms with van der Waals surface area (Å²) in [6.45, 7) is 4.15. The number of rotatable bonds is 7. The summed E-state index contributed by atoms with van der Waals surface area (Å²) in [6, 6.07) is 41.4. The van der Waals surface area contributed by atoms with Gasteiger partial charge in [0, 0.05) is 27.9 Å². The van der Waals surface area contributed by atoms with Crippen molar-refractivity contribution in [3.63, 3.8) is 0 Å². The first kappa shape index (κ1) is 31.2. The molecule has 0 radical (unpaired) electrons. The first-order valence-electron chi connectivity index (χ1n) is 16.9. The van der Waals surface area contributed by atoms with E-state index in [9.17, 15) is 15.8 Å². The van der Waals surface area contributed by atoms with Crippen LogP contribution in [0.2, 0.25) is 0 Å². The van der Waals surface area contributed by atoms with E-state index in [0.717, 1.165) is 61.1 Å². The summed E-state index contributed by atoms with van der Waals surface area (Å²) in [5.41, 5.74) is 10.9. The molecule has 5 nitrogen and oxygen atoms in total. The van der Waals surface area contributed by atoms with Crippen molar-refractivity contribution in [2.75, 3.05) is 4.90 Å². The molecule has 0 saturated carbocycles. The second-order valence-corrected chi connectivity index (χ2v) is 12.6. The number of anilines is 2. The van der Waals surface area contributed by atoms with Gasteiger partial charge in [0.1, 0.15) is 6.07 Å². The summed E-state index contributed by atoms with van der Waals surface area (Å²) in [5, 5.41) is 31.7. The molecule has 5 aromatic carbocycles. The van der Waals surface area contributed by atoms with Gasteiger partial charge in [-0.3, -0.25) is 0 Å². The number of allylic oxidation sites excluding steroid dienone is 7. The summed E-state index contributed by atoms with van der Waals surface area (Å²) in [4.78, 5) is 2.23. The molecule has 0 bridgehead atoms. The molecule has 0 spiro atoms. The van der Waals surface area contributed by atoms with Crippen molar-refractivity contribution in [1.82, 2.24) is 4.57 Å². The van der Waals surface area contributed by atoms with Gasteiger partial charge in [0.2, 0.25) is 0 Å². The van der Waals surface area contributed by atoms with E-state index in [2.05, 4.69) is 101 Å². The lowest BCUT2D eigenvalue weighted by Crippen LogP contribution is -2.29. The van der Waals surface area contributed by atoms with Gasteiger partial charge in [0.15, 0.2) is 0 Å². The van der Waals surface area contributed by atoms with Crippen molar-refractivity contribution < 1.29 is 0 Å². The fourth-order valence-electron chi connectivity index (χ4n) is 7.63. The predicted molar refractivity (Wildman–Crippen MR) is 206 cm³/mol. The third-order valence-electron chi connectivity index (χ3n) is 9.88. The molecule has 1 aliphatic carbocycles. The van der Waals surface area contributed by atoms with Crippen LogP contribution in [0.3, 0.4) is 0 Å². The van der Waals surface area contributed by atoms with E-state index >= 15 is 0 Å². The molecule has 0 fully saturated rings. The highest BCUT2D eigenvalue weighted by Gasteiger charge is 2.38. The molecule has 2 atom stereocenters. The van der Waals surface area contributed by atoms with Crippen LogP contribution in [0.1, 0.15) is 39.3 Å². The topological polar surface area (TPSA) is 79.5 Å². The number of para-hydroxylation sites is 2. The molecule has 0 saturated heterocycles. The fraction of sp³-hybridized carbons (Fsp3) is 0.0652. The lowest BCUT2D eigenvalue weighted by atomic mass is 9.90. The second kappa shape index (κ2) is 13.1. The average Bonchev–Trinajstić information content (AvgIpc) is 3.70. The first-order chi connectivity index (χ1) is 25.1. The Bertz CT molecular complexity index is 2640. The first-order valence-corrected chi connectivity index (χ1v) is 16.9. The van der Waals surface area contributed by atoms with E-state index in [1.54, 1.807) is 0 Å². The minimum Gasteiger partial charge on any atom is -0.332 e. The van der Waals surface area contributed by atoms with Crippen LogP contribution in [0.5, 0.6) is 0 Å². The largest absolute Gasteiger partial charge is 0.332 e. The molecule has 8 rings (SSSR count). The standard InChI is InChI=1S/C46H31N5/c1-2-33(36-15-5-8-18-41(36)51-43-20-10-7-17-38(43)46-34(29-48)14-11-21-45(46)51)13-4-3-12-31-22-24-40(35(26-31)30-49)50-42-19-9-6-16-37(42)39-27-32(28-47)23-25-44(39)50/h2-11,13-27,37,42H,1,12H2/b4-3-,33-13+. The van der Waals surface area contributed by atoms with Crippen LogP contribution in [0.25, 0.3) is 33.1 Å². The zero-order chi connectivity index (χ0) is 34.9. The zero-order valence-corrected chi connectivity index (χ0v) is 27.7. The van der Waals surface area contributed by atoms with Crippen molar-refractivity contribution in [2.45, 2.75) is 18.4 Å². The highest BCUT2D eigenvalue weighted by molar-refractivity contribution is 6.12. The maximum Gasteiger partial charge on any atom is 0.101 e. The number of hydrogen-bond donors (Lipinski definition) is 0. The van der Waals surface area contributed by atoms with Crippen LogP contribution in [-0.4, -0.2) is 10.6 Å². The van der Waals surface area contributed by atoms with Crippen LogP contribution in [0.4, 0.5) is 11.4 Å². The second-order valence-electron chi connectivity index (χ2n) is 12.6. The van der Waals surface area contributed by atoms with Crippen LogP contribution >= 0.6 is 0 Å². The van der Waals surface area contributed by atoms with Gasteiger partial charge in [0.05, 0.1) is 57.3 Å². The smallest absolute Gasteiger partial charge is 0.101 e. The Labute approximate surface area is 297 Å². The fourth-order valence-corrected chi connectivity index (χ4v) is 7.63. The molecule has 6 aromatic rings. The summed E-state index contributed by atoms with van der Waals surface area (Å²) in [6.07, 6.45) is 17.2. The number of nitrogens with zero attached hydrogens (tertiary/aromatic N) is 5. The zero-order valence-electron chi connectivity index (χ0n) is 27.7. The molecular formula is C46H31N5. The van der Waals surface area contributed by atoms with Gasteiger partial charge < -0.3 is 9.47 Å². The lowest BCUT2D eigenvalue weighted by Gasteiger charge is -2.29. The van der Waals surface area contributed by atoms with Crippen LogP contribution in [0.15, 0.2) is 158 Å². The third kappa shape index (κ3) is 5.24. The van der Waals surface area contributed by atoms with Gasteiger partial charge in [-0.05, 0) is 77.7 Å². The Morgan fingerprint density at radius 2 is 1.51 bits per heavy atom. The minimum atomic E-state index is 0.0399. The van der Waals surface area contributed by atoms with E-state index in [4.69, 9.17) is 0 Å². The maximum atomic E-state index is 10.3. The summed E-state index contributed by atoms with van der Waals surface area (Å²) in [5.74, 6) is 0.119. The van der Waals surface area contributed by atoms with Crippen LogP contribution in [-0.2, 0) is 6.42 Å². The van der Waals surface area contributed by atoms with Crippen LogP contribution < -0.4 is 4.90 Å². The van der Waals surface area contributed by atoms with E-state index in [1.165, 1.54) is 0 Å². The highest BCUT2D eigenvalue weighted by atomic mass is 15.2. The monoisotopic (exact) mass is 653 g/mol. The average molecular weight is 654 g/mol. The molecule has 51 heavy (non-hydrogen) atoms. The Balaban J connectivity index is 1.10. The molecule has 2 aliphatic rings. The van der Waals surface area contributed by atoms with Crippen molar-refractivity contribution in [3.05, 3.63) is 192 Å². The van der Waals surface area contributed by atoms with Gasteiger partial charge >= 0.3 is 0 Å². The molecule has 5 heteroatoms. The molecule has 1 aromatic heterocycles. The quantitative estimate of drug-likeness (QED) is 0.161.